The smallest absolute Gasteiger partial charge is 0.270 e. The van der Waals surface area contributed by atoms with Crippen molar-refractivity contribution in [1.82, 2.24) is 5.32 Å². The molecule has 1 saturated carbocycles. The molecule has 1 aliphatic carbocycles. The summed E-state index contributed by atoms with van der Waals surface area (Å²) in [6, 6.07) is 4.24. The summed E-state index contributed by atoms with van der Waals surface area (Å²) in [5, 5.41) is 13.7. The fraction of sp³-hybridized carbons (Fsp3) is 0.462. The third kappa shape index (κ3) is 4.04. The van der Waals surface area contributed by atoms with Gasteiger partial charge >= 0.3 is 0 Å². The van der Waals surface area contributed by atoms with Crippen molar-refractivity contribution in [2.45, 2.75) is 31.2 Å². The highest BCUT2D eigenvalue weighted by molar-refractivity contribution is 14.1. The van der Waals surface area contributed by atoms with Crippen molar-refractivity contribution >= 4 is 46.6 Å². The van der Waals surface area contributed by atoms with Gasteiger partial charge in [-0.1, -0.05) is 12.8 Å². The van der Waals surface area contributed by atoms with E-state index >= 15 is 0 Å². The summed E-state index contributed by atoms with van der Waals surface area (Å²) in [5.74, 6) is -0.211. The Bertz CT molecular complexity index is 547. The Kier molecular flexibility index (Phi) is 6.36. The van der Waals surface area contributed by atoms with Gasteiger partial charge in [-0.05, 0) is 41.5 Å². The van der Waals surface area contributed by atoms with Crippen molar-refractivity contribution in [2.75, 3.05) is 6.54 Å². The molecule has 3 N–H and O–H groups in total. The van der Waals surface area contributed by atoms with E-state index in [1.54, 1.807) is 0 Å². The number of halogens is 2. The van der Waals surface area contributed by atoms with Crippen LogP contribution in [0.3, 0.4) is 0 Å². The second-order valence-corrected chi connectivity index (χ2v) is 6.23. The molecule has 0 saturated heterocycles. The first-order valence-electron chi connectivity index (χ1n) is 6.44. The minimum absolute atomic E-state index is 0. The van der Waals surface area contributed by atoms with Crippen LogP contribution < -0.4 is 11.1 Å². The number of nitrogens with two attached hydrogens (primary N) is 1. The molecule has 21 heavy (non-hydrogen) atoms. The summed E-state index contributed by atoms with van der Waals surface area (Å²) < 4.78 is 0.569. The average Bonchev–Trinajstić information content (AvgIpc) is 2.87. The number of nitro groups is 1. The number of carbonyl (C=O) groups is 1. The SMILES string of the molecule is Cl.NCC1(NC(=O)c2ccc([N+](=O)[O-])cc2I)CCCC1. The lowest BCUT2D eigenvalue weighted by atomic mass is 9.97. The number of rotatable bonds is 4. The van der Waals surface area contributed by atoms with Crippen molar-refractivity contribution in [1.29, 1.82) is 0 Å². The fourth-order valence-electron chi connectivity index (χ4n) is 2.54. The van der Waals surface area contributed by atoms with Crippen LogP contribution in [0.25, 0.3) is 0 Å². The van der Waals surface area contributed by atoms with Gasteiger partial charge in [-0.25, -0.2) is 0 Å². The second-order valence-electron chi connectivity index (χ2n) is 5.07. The largest absolute Gasteiger partial charge is 0.345 e. The zero-order valence-corrected chi connectivity index (χ0v) is 14.3. The van der Waals surface area contributed by atoms with Gasteiger partial charge in [-0.3, -0.25) is 14.9 Å². The van der Waals surface area contributed by atoms with Gasteiger partial charge in [-0.2, -0.15) is 0 Å². The lowest BCUT2D eigenvalue weighted by Crippen LogP contribution is -2.51. The van der Waals surface area contributed by atoms with Crippen LogP contribution >= 0.6 is 35.0 Å². The van der Waals surface area contributed by atoms with Crippen LogP contribution in [-0.4, -0.2) is 22.9 Å². The summed E-state index contributed by atoms with van der Waals surface area (Å²) in [7, 11) is 0. The molecule has 8 heteroatoms. The first-order valence-corrected chi connectivity index (χ1v) is 7.52. The molecule has 0 atom stereocenters. The second kappa shape index (κ2) is 7.37. The van der Waals surface area contributed by atoms with Crippen LogP contribution in [-0.2, 0) is 0 Å². The minimum atomic E-state index is -0.470. The molecule has 0 heterocycles. The van der Waals surface area contributed by atoms with Crippen molar-refractivity contribution < 1.29 is 9.72 Å². The molecule has 0 bridgehead atoms. The van der Waals surface area contributed by atoms with E-state index in [-0.39, 0.29) is 29.5 Å². The summed E-state index contributed by atoms with van der Waals surface area (Å²) in [5.41, 5.74) is 5.91. The van der Waals surface area contributed by atoms with Crippen LogP contribution in [0, 0.1) is 13.7 Å². The monoisotopic (exact) mass is 425 g/mol. The minimum Gasteiger partial charge on any atom is -0.345 e. The maximum absolute atomic E-state index is 12.3. The predicted octanol–water partition coefficient (Wildman–Crippen LogP) is 2.62. The maximum Gasteiger partial charge on any atom is 0.270 e. The van der Waals surface area contributed by atoms with Crippen LogP contribution in [0.4, 0.5) is 5.69 Å². The number of hydrogen-bond acceptors (Lipinski definition) is 4. The molecule has 0 unspecified atom stereocenters. The number of carbonyl (C=O) groups excluding carboxylic acids is 1. The third-order valence-electron chi connectivity index (χ3n) is 3.74. The highest BCUT2D eigenvalue weighted by atomic mass is 127. The number of benzene rings is 1. The van der Waals surface area contributed by atoms with Gasteiger partial charge in [0.05, 0.1) is 16.0 Å². The van der Waals surface area contributed by atoms with E-state index in [0.717, 1.165) is 25.7 Å². The molecule has 0 aromatic heterocycles. The molecule has 1 aromatic carbocycles. The molecule has 1 aliphatic rings. The highest BCUT2D eigenvalue weighted by Crippen LogP contribution is 2.29. The van der Waals surface area contributed by atoms with Gasteiger partial charge < -0.3 is 11.1 Å². The van der Waals surface area contributed by atoms with E-state index in [9.17, 15) is 14.9 Å². The Hall–Kier alpha value is -0.930. The molecule has 0 spiro atoms. The molecule has 0 aliphatic heterocycles. The summed E-state index contributed by atoms with van der Waals surface area (Å²) in [4.78, 5) is 22.6. The van der Waals surface area contributed by atoms with Crippen LogP contribution in [0.5, 0.6) is 0 Å². The Morgan fingerprint density at radius 1 is 1.43 bits per heavy atom. The molecular weight excluding hydrogens is 409 g/mol. The Morgan fingerprint density at radius 3 is 2.52 bits per heavy atom. The molecule has 116 valence electrons. The first-order chi connectivity index (χ1) is 9.47. The van der Waals surface area contributed by atoms with Crippen LogP contribution in [0.2, 0.25) is 0 Å². The van der Waals surface area contributed by atoms with E-state index in [2.05, 4.69) is 5.32 Å². The number of nitrogens with zero attached hydrogens (tertiary/aromatic N) is 1. The average molecular weight is 426 g/mol. The Morgan fingerprint density at radius 2 is 2.05 bits per heavy atom. The topological polar surface area (TPSA) is 98.3 Å². The number of amides is 1. The fourth-order valence-corrected chi connectivity index (χ4v) is 3.29. The van der Waals surface area contributed by atoms with E-state index in [1.807, 2.05) is 22.6 Å². The van der Waals surface area contributed by atoms with Gasteiger partial charge in [-0.15, -0.1) is 12.4 Å². The number of nitro benzene ring substituents is 1. The van der Waals surface area contributed by atoms with Crippen LogP contribution in [0.15, 0.2) is 18.2 Å². The molecule has 1 fully saturated rings. The van der Waals surface area contributed by atoms with E-state index < -0.39 is 4.92 Å². The summed E-state index contributed by atoms with van der Waals surface area (Å²) in [6.07, 6.45) is 3.90. The third-order valence-corrected chi connectivity index (χ3v) is 4.63. The number of non-ortho nitro benzene ring substituents is 1. The van der Waals surface area contributed by atoms with Gasteiger partial charge in [0.2, 0.25) is 0 Å². The van der Waals surface area contributed by atoms with Crippen LogP contribution in [0.1, 0.15) is 36.0 Å². The number of nitrogens with one attached hydrogen (secondary N) is 1. The van der Waals surface area contributed by atoms with Gasteiger partial charge in [0, 0.05) is 22.2 Å². The van der Waals surface area contributed by atoms with Gasteiger partial charge in [0.15, 0.2) is 0 Å². The quantitative estimate of drug-likeness (QED) is 0.440. The zero-order valence-electron chi connectivity index (χ0n) is 11.3. The Balaban J connectivity index is 0.00000220. The first kappa shape index (κ1) is 18.1. The lowest BCUT2D eigenvalue weighted by molar-refractivity contribution is -0.384. The van der Waals surface area contributed by atoms with Gasteiger partial charge in [0.1, 0.15) is 0 Å². The molecule has 0 radical (unpaired) electrons. The lowest BCUT2D eigenvalue weighted by Gasteiger charge is -2.28. The van der Waals surface area contributed by atoms with E-state index in [0.29, 0.717) is 15.7 Å². The summed E-state index contributed by atoms with van der Waals surface area (Å²) in [6.45, 7) is 0.419. The highest BCUT2D eigenvalue weighted by Gasteiger charge is 2.34. The normalized spacial score (nSPS) is 16.1. The molecular formula is C13H17ClIN3O3. The van der Waals surface area contributed by atoms with Crippen molar-refractivity contribution in [3.8, 4) is 0 Å². The zero-order chi connectivity index (χ0) is 14.8. The Labute approximate surface area is 142 Å². The molecule has 2 rings (SSSR count). The number of hydrogen-bond donors (Lipinski definition) is 2. The van der Waals surface area contributed by atoms with Crippen molar-refractivity contribution in [2.24, 2.45) is 5.73 Å². The maximum atomic E-state index is 12.3. The van der Waals surface area contributed by atoms with Crippen molar-refractivity contribution in [3.05, 3.63) is 37.4 Å². The van der Waals surface area contributed by atoms with E-state index in [1.165, 1.54) is 18.2 Å². The molecule has 1 aromatic rings. The van der Waals surface area contributed by atoms with E-state index in [4.69, 9.17) is 5.73 Å². The molecule has 6 nitrogen and oxygen atoms in total. The van der Waals surface area contributed by atoms with Gasteiger partial charge in [0.25, 0.3) is 11.6 Å². The van der Waals surface area contributed by atoms with Crippen molar-refractivity contribution in [3.63, 3.8) is 0 Å². The molecule has 1 amide bonds. The standard InChI is InChI=1S/C13H16IN3O3.ClH/c14-11-7-9(17(19)20)3-4-10(11)12(18)16-13(8-15)5-1-2-6-13;/h3-4,7H,1-2,5-6,8,15H2,(H,16,18);1H. The summed E-state index contributed by atoms with van der Waals surface area (Å²) >= 11 is 1.94. The predicted molar refractivity (Wildman–Crippen MR) is 90.8 cm³/mol.